The second-order valence-corrected chi connectivity index (χ2v) is 8.87. The number of imidazole rings is 1. The lowest BCUT2D eigenvalue weighted by Gasteiger charge is -2.24. The topological polar surface area (TPSA) is 38.1 Å². The normalized spacial score (nSPS) is 11.4. The first-order valence-corrected chi connectivity index (χ1v) is 11.3. The number of amides is 1. The van der Waals surface area contributed by atoms with Crippen LogP contribution >= 0.6 is 23.2 Å². The summed E-state index contributed by atoms with van der Waals surface area (Å²) in [4.78, 5) is 20.1. The van der Waals surface area contributed by atoms with Crippen molar-refractivity contribution in [1.82, 2.24) is 14.5 Å². The van der Waals surface area contributed by atoms with Crippen LogP contribution in [0.2, 0.25) is 10.0 Å². The monoisotopic (exact) mass is 445 g/mol. The fourth-order valence-corrected chi connectivity index (χ4v) is 3.76. The second kappa shape index (κ2) is 10.3. The fourth-order valence-electron chi connectivity index (χ4n) is 3.46. The molecule has 0 saturated carbocycles. The largest absolute Gasteiger partial charge is 0.331 e. The highest BCUT2D eigenvalue weighted by Crippen LogP contribution is 2.25. The molecular weight excluding hydrogens is 417 g/mol. The molecule has 0 radical (unpaired) electrons. The lowest BCUT2D eigenvalue weighted by molar-refractivity contribution is 0.0729. The van der Waals surface area contributed by atoms with Crippen LogP contribution in [0, 0.1) is 5.92 Å². The Hall–Kier alpha value is -2.04. The van der Waals surface area contributed by atoms with Crippen molar-refractivity contribution in [2.45, 2.75) is 53.1 Å². The first-order chi connectivity index (χ1) is 14.4. The van der Waals surface area contributed by atoms with Crippen molar-refractivity contribution in [1.29, 1.82) is 0 Å². The molecule has 0 fully saturated rings. The lowest BCUT2D eigenvalue weighted by Crippen LogP contribution is -2.33. The van der Waals surface area contributed by atoms with Gasteiger partial charge in [-0.25, -0.2) is 4.98 Å². The number of aryl methyl sites for hydroxylation is 1. The van der Waals surface area contributed by atoms with Gasteiger partial charge in [0.15, 0.2) is 0 Å². The van der Waals surface area contributed by atoms with Crippen LogP contribution in [0.25, 0.3) is 11.0 Å². The van der Waals surface area contributed by atoms with E-state index in [0.29, 0.717) is 34.6 Å². The third-order valence-corrected chi connectivity index (χ3v) is 5.97. The molecule has 1 heterocycles. The van der Waals surface area contributed by atoms with Crippen molar-refractivity contribution in [3.05, 3.63) is 63.9 Å². The van der Waals surface area contributed by atoms with Gasteiger partial charge in [-0.3, -0.25) is 4.79 Å². The van der Waals surface area contributed by atoms with E-state index in [-0.39, 0.29) is 5.91 Å². The van der Waals surface area contributed by atoms with E-state index in [1.54, 1.807) is 18.2 Å². The number of para-hydroxylation sites is 2. The number of benzene rings is 2. The van der Waals surface area contributed by atoms with E-state index in [0.717, 1.165) is 42.7 Å². The molecule has 0 aliphatic heterocycles. The number of aromatic nitrogens is 2. The zero-order valence-corrected chi connectivity index (χ0v) is 19.4. The van der Waals surface area contributed by atoms with E-state index in [4.69, 9.17) is 28.2 Å². The molecule has 2 aromatic carbocycles. The number of nitrogens with zero attached hydrogens (tertiary/aromatic N) is 3. The van der Waals surface area contributed by atoms with Gasteiger partial charge in [0, 0.05) is 18.7 Å². The minimum atomic E-state index is -0.0525. The quantitative estimate of drug-likeness (QED) is 0.361. The predicted molar refractivity (Wildman–Crippen MR) is 125 cm³/mol. The highest BCUT2D eigenvalue weighted by Gasteiger charge is 2.21. The van der Waals surface area contributed by atoms with Gasteiger partial charge in [0.1, 0.15) is 5.82 Å². The van der Waals surface area contributed by atoms with Crippen molar-refractivity contribution in [2.24, 2.45) is 5.92 Å². The molecule has 0 unspecified atom stereocenters. The number of rotatable bonds is 9. The van der Waals surface area contributed by atoms with E-state index in [1.165, 1.54) is 0 Å². The summed E-state index contributed by atoms with van der Waals surface area (Å²) in [5.41, 5.74) is 2.63. The van der Waals surface area contributed by atoms with Crippen LogP contribution in [0.15, 0.2) is 42.5 Å². The molecule has 0 aliphatic rings. The van der Waals surface area contributed by atoms with Gasteiger partial charge in [0.05, 0.1) is 27.6 Å². The summed E-state index contributed by atoms with van der Waals surface area (Å²) in [5, 5.41) is 0.838. The molecule has 6 heteroatoms. The number of halogens is 2. The lowest BCUT2D eigenvalue weighted by atomic mass is 10.1. The summed E-state index contributed by atoms with van der Waals surface area (Å²) in [6.07, 6.45) is 3.09. The molecule has 1 aromatic heterocycles. The Morgan fingerprint density at radius 3 is 2.60 bits per heavy atom. The number of fused-ring (bicyclic) bond motifs is 1. The molecule has 0 N–H and O–H groups in total. The molecule has 0 bridgehead atoms. The van der Waals surface area contributed by atoms with E-state index >= 15 is 0 Å². The maximum atomic E-state index is 13.4. The van der Waals surface area contributed by atoms with Crippen LogP contribution < -0.4 is 0 Å². The molecule has 3 aromatic rings. The molecular formula is C24H29Cl2N3O. The number of hydrogen-bond acceptors (Lipinski definition) is 2. The van der Waals surface area contributed by atoms with Gasteiger partial charge in [0.25, 0.3) is 5.91 Å². The molecule has 160 valence electrons. The van der Waals surface area contributed by atoms with Crippen molar-refractivity contribution in [2.75, 3.05) is 6.54 Å². The fraction of sp³-hybridized carbons (Fsp3) is 0.417. The summed E-state index contributed by atoms with van der Waals surface area (Å²) in [6.45, 7) is 8.53. The summed E-state index contributed by atoms with van der Waals surface area (Å²) < 4.78 is 2.25. The van der Waals surface area contributed by atoms with E-state index in [2.05, 4.69) is 31.4 Å². The van der Waals surface area contributed by atoms with Gasteiger partial charge in [-0.2, -0.15) is 0 Å². The highest BCUT2D eigenvalue weighted by molar-refractivity contribution is 6.42. The maximum absolute atomic E-state index is 13.4. The minimum Gasteiger partial charge on any atom is -0.331 e. The molecule has 0 atom stereocenters. The molecule has 1 amide bonds. The first-order valence-electron chi connectivity index (χ1n) is 10.6. The standard InChI is InChI=1S/C24H29Cl2N3O/c1-4-5-13-29-22-9-7-6-8-21(22)27-23(29)16-28(14-12-17(2)3)24(30)18-10-11-19(25)20(26)15-18/h6-11,15,17H,4-5,12-14,16H2,1-3H3. The SMILES string of the molecule is CCCCn1c(CN(CCC(C)C)C(=O)c2ccc(Cl)c(Cl)c2)nc2ccccc21. The summed E-state index contributed by atoms with van der Waals surface area (Å²) in [7, 11) is 0. The van der Waals surface area contributed by atoms with Gasteiger partial charge in [-0.05, 0) is 49.1 Å². The Morgan fingerprint density at radius 1 is 1.13 bits per heavy atom. The van der Waals surface area contributed by atoms with Crippen molar-refractivity contribution < 1.29 is 4.79 Å². The average molecular weight is 446 g/mol. The van der Waals surface area contributed by atoms with E-state index in [1.807, 2.05) is 23.1 Å². The van der Waals surface area contributed by atoms with Gasteiger partial charge < -0.3 is 9.47 Å². The van der Waals surface area contributed by atoms with E-state index < -0.39 is 0 Å². The molecule has 0 saturated heterocycles. The van der Waals surface area contributed by atoms with Crippen LogP contribution in [-0.2, 0) is 13.1 Å². The third-order valence-electron chi connectivity index (χ3n) is 5.23. The molecule has 4 nitrogen and oxygen atoms in total. The number of carbonyl (C=O) groups is 1. The highest BCUT2D eigenvalue weighted by atomic mass is 35.5. The molecule has 30 heavy (non-hydrogen) atoms. The van der Waals surface area contributed by atoms with Gasteiger partial charge >= 0.3 is 0 Å². The summed E-state index contributed by atoms with van der Waals surface area (Å²) in [5.74, 6) is 1.36. The number of carbonyl (C=O) groups excluding carboxylic acids is 1. The maximum Gasteiger partial charge on any atom is 0.254 e. The van der Waals surface area contributed by atoms with Crippen LogP contribution in [0.5, 0.6) is 0 Å². The third kappa shape index (κ3) is 5.35. The van der Waals surface area contributed by atoms with Gasteiger partial charge in [0.2, 0.25) is 0 Å². The Kier molecular flexibility index (Phi) is 7.79. The molecule has 0 spiro atoms. The van der Waals surface area contributed by atoms with Crippen LogP contribution in [0.4, 0.5) is 0 Å². The Labute approximate surface area is 188 Å². The Bertz CT molecular complexity index is 1010. The number of unbranched alkanes of at least 4 members (excludes halogenated alkanes) is 1. The van der Waals surface area contributed by atoms with Crippen LogP contribution in [0.1, 0.15) is 56.2 Å². The average Bonchev–Trinajstić information content (AvgIpc) is 3.07. The zero-order chi connectivity index (χ0) is 21.7. The molecule has 0 aliphatic carbocycles. The minimum absolute atomic E-state index is 0.0525. The Morgan fingerprint density at radius 2 is 1.90 bits per heavy atom. The summed E-state index contributed by atoms with van der Waals surface area (Å²) >= 11 is 12.2. The van der Waals surface area contributed by atoms with Crippen LogP contribution in [0.3, 0.4) is 0 Å². The van der Waals surface area contributed by atoms with Gasteiger partial charge in [-0.1, -0.05) is 62.5 Å². The van der Waals surface area contributed by atoms with E-state index in [9.17, 15) is 4.79 Å². The molecule has 3 rings (SSSR count). The van der Waals surface area contributed by atoms with Gasteiger partial charge in [-0.15, -0.1) is 0 Å². The Balaban J connectivity index is 1.94. The smallest absolute Gasteiger partial charge is 0.254 e. The zero-order valence-electron chi connectivity index (χ0n) is 17.9. The first kappa shape index (κ1) is 22.6. The summed E-state index contributed by atoms with van der Waals surface area (Å²) in [6, 6.07) is 13.2. The second-order valence-electron chi connectivity index (χ2n) is 8.06. The van der Waals surface area contributed by atoms with Crippen molar-refractivity contribution in [3.63, 3.8) is 0 Å². The van der Waals surface area contributed by atoms with Crippen LogP contribution in [-0.4, -0.2) is 26.9 Å². The van der Waals surface area contributed by atoms with Crippen molar-refractivity contribution >= 4 is 40.1 Å². The predicted octanol–water partition coefficient (Wildman–Crippen LogP) is 6.83. The van der Waals surface area contributed by atoms with Crippen molar-refractivity contribution in [3.8, 4) is 0 Å². The number of hydrogen-bond donors (Lipinski definition) is 0.